The Morgan fingerprint density at radius 2 is 1.71 bits per heavy atom. The Balaban J connectivity index is 2.04. The summed E-state index contributed by atoms with van der Waals surface area (Å²) in [5.74, 6) is -0.298. The van der Waals surface area contributed by atoms with Gasteiger partial charge in [-0.15, -0.1) is 0 Å². The number of rotatable bonds is 4. The van der Waals surface area contributed by atoms with Crippen molar-refractivity contribution in [2.45, 2.75) is 32.9 Å². The van der Waals surface area contributed by atoms with Gasteiger partial charge in [0.25, 0.3) is 5.56 Å². The first-order valence-corrected chi connectivity index (χ1v) is 11.5. The summed E-state index contributed by atoms with van der Waals surface area (Å²) in [6, 6.07) is 22.5. The highest BCUT2D eigenvalue weighted by Crippen LogP contribution is 2.33. The highest BCUT2D eigenvalue weighted by Gasteiger charge is 2.24. The maximum atomic E-state index is 13.6. The molecule has 7 heteroatoms. The van der Waals surface area contributed by atoms with Gasteiger partial charge in [0.05, 0.1) is 5.69 Å². The van der Waals surface area contributed by atoms with Gasteiger partial charge in [0, 0.05) is 15.6 Å². The average Bonchev–Trinajstić information content (AvgIpc) is 2.79. The van der Waals surface area contributed by atoms with Crippen molar-refractivity contribution in [3.8, 4) is 28.7 Å². The van der Waals surface area contributed by atoms with Crippen LogP contribution in [-0.2, 0) is 16.1 Å². The summed E-state index contributed by atoms with van der Waals surface area (Å²) in [5.41, 5.74) is 0.143. The Labute approximate surface area is 205 Å². The predicted molar refractivity (Wildman–Crippen MR) is 135 cm³/mol. The summed E-state index contributed by atoms with van der Waals surface area (Å²) >= 11 is 3.58. The van der Waals surface area contributed by atoms with Crippen molar-refractivity contribution in [2.24, 2.45) is 0 Å². The standard InChI is InChI=1S/C27H22BrN3O3/c1-27(2,3)34-23(32)16-31-25(20-13-7-12-19-18(20)11-8-14-22(19)28)30-24(21(15-29)26(31)33)17-9-5-4-6-10-17/h4-14H,16H2,1-3H3. The van der Waals surface area contributed by atoms with E-state index in [1.165, 1.54) is 4.57 Å². The Hall–Kier alpha value is -3.76. The maximum Gasteiger partial charge on any atom is 0.326 e. The van der Waals surface area contributed by atoms with Crippen molar-refractivity contribution in [1.82, 2.24) is 9.55 Å². The van der Waals surface area contributed by atoms with Crippen LogP contribution in [0, 0.1) is 11.3 Å². The molecule has 0 atom stereocenters. The van der Waals surface area contributed by atoms with E-state index in [9.17, 15) is 14.9 Å². The lowest BCUT2D eigenvalue weighted by molar-refractivity contribution is -0.155. The van der Waals surface area contributed by atoms with Crippen LogP contribution in [0.5, 0.6) is 0 Å². The third kappa shape index (κ3) is 4.63. The molecule has 0 fully saturated rings. The summed E-state index contributed by atoms with van der Waals surface area (Å²) < 4.78 is 7.59. The van der Waals surface area contributed by atoms with Crippen LogP contribution in [0.15, 0.2) is 76.0 Å². The first-order valence-electron chi connectivity index (χ1n) is 10.7. The molecule has 0 N–H and O–H groups in total. The molecule has 6 nitrogen and oxygen atoms in total. The highest BCUT2D eigenvalue weighted by molar-refractivity contribution is 9.10. The third-order valence-electron chi connectivity index (χ3n) is 5.15. The Bertz CT molecular complexity index is 1500. The van der Waals surface area contributed by atoms with Gasteiger partial charge in [-0.05, 0) is 37.6 Å². The zero-order valence-corrected chi connectivity index (χ0v) is 20.6. The Kier molecular flexibility index (Phi) is 6.36. The molecule has 4 rings (SSSR count). The fraction of sp³-hybridized carbons (Fsp3) is 0.185. The number of esters is 1. The molecule has 0 unspecified atom stereocenters. The molecule has 3 aromatic carbocycles. The van der Waals surface area contributed by atoms with Gasteiger partial charge in [0.15, 0.2) is 0 Å². The Morgan fingerprint density at radius 3 is 2.38 bits per heavy atom. The lowest BCUT2D eigenvalue weighted by Crippen LogP contribution is -2.33. The smallest absolute Gasteiger partial charge is 0.326 e. The van der Waals surface area contributed by atoms with Gasteiger partial charge in [0.2, 0.25) is 0 Å². The fourth-order valence-corrected chi connectivity index (χ4v) is 4.28. The van der Waals surface area contributed by atoms with Crippen molar-refractivity contribution in [3.63, 3.8) is 0 Å². The number of carbonyl (C=O) groups is 1. The Morgan fingerprint density at radius 1 is 1.03 bits per heavy atom. The molecule has 0 aliphatic carbocycles. The van der Waals surface area contributed by atoms with E-state index in [2.05, 4.69) is 15.9 Å². The highest BCUT2D eigenvalue weighted by atomic mass is 79.9. The number of nitrogens with zero attached hydrogens (tertiary/aromatic N) is 3. The zero-order chi connectivity index (χ0) is 24.5. The molecule has 0 spiro atoms. The first kappa shape index (κ1) is 23.4. The minimum absolute atomic E-state index is 0.125. The number of aromatic nitrogens is 2. The molecule has 34 heavy (non-hydrogen) atoms. The van der Waals surface area contributed by atoms with Gasteiger partial charge in [-0.3, -0.25) is 14.2 Å². The molecule has 0 radical (unpaired) electrons. The normalized spacial score (nSPS) is 11.3. The topological polar surface area (TPSA) is 85.0 Å². The van der Waals surface area contributed by atoms with Crippen molar-refractivity contribution >= 4 is 32.7 Å². The largest absolute Gasteiger partial charge is 0.459 e. The van der Waals surface area contributed by atoms with Gasteiger partial charge in [-0.2, -0.15) is 5.26 Å². The quantitative estimate of drug-likeness (QED) is 0.325. The van der Waals surface area contributed by atoms with Crippen LogP contribution in [0.1, 0.15) is 26.3 Å². The summed E-state index contributed by atoms with van der Waals surface area (Å²) in [4.78, 5) is 31.1. The average molecular weight is 516 g/mol. The second-order valence-corrected chi connectivity index (χ2v) is 9.61. The van der Waals surface area contributed by atoms with E-state index >= 15 is 0 Å². The van der Waals surface area contributed by atoms with E-state index in [4.69, 9.17) is 9.72 Å². The number of carbonyl (C=O) groups excluding carboxylic acids is 1. The van der Waals surface area contributed by atoms with Crippen molar-refractivity contribution in [3.05, 3.63) is 87.1 Å². The molecule has 0 amide bonds. The second-order valence-electron chi connectivity index (χ2n) is 8.76. The number of benzene rings is 3. The van der Waals surface area contributed by atoms with Gasteiger partial charge in [0.1, 0.15) is 29.6 Å². The van der Waals surface area contributed by atoms with Gasteiger partial charge < -0.3 is 4.74 Å². The number of hydrogen-bond acceptors (Lipinski definition) is 5. The summed E-state index contributed by atoms with van der Waals surface area (Å²) in [6.45, 7) is 4.91. The third-order valence-corrected chi connectivity index (χ3v) is 5.84. The van der Waals surface area contributed by atoms with Crippen LogP contribution in [0.2, 0.25) is 0 Å². The van der Waals surface area contributed by atoms with E-state index in [0.29, 0.717) is 11.1 Å². The van der Waals surface area contributed by atoms with E-state index in [1.807, 2.05) is 60.7 Å². The molecule has 0 bridgehead atoms. The summed E-state index contributed by atoms with van der Waals surface area (Å²) in [5, 5.41) is 11.6. The zero-order valence-electron chi connectivity index (χ0n) is 19.0. The van der Waals surface area contributed by atoms with E-state index in [1.54, 1.807) is 32.9 Å². The van der Waals surface area contributed by atoms with Crippen LogP contribution >= 0.6 is 15.9 Å². The van der Waals surface area contributed by atoms with Crippen LogP contribution in [0.25, 0.3) is 33.4 Å². The van der Waals surface area contributed by atoms with Gasteiger partial charge in [-0.25, -0.2) is 4.98 Å². The number of hydrogen-bond donors (Lipinski definition) is 0. The SMILES string of the molecule is CC(C)(C)OC(=O)Cn1c(-c2cccc3c(Br)cccc23)nc(-c2ccccc2)c(C#N)c1=O. The fourth-order valence-electron chi connectivity index (χ4n) is 3.78. The molecular weight excluding hydrogens is 494 g/mol. The molecule has 0 saturated carbocycles. The summed E-state index contributed by atoms with van der Waals surface area (Å²) in [6.07, 6.45) is 0. The number of fused-ring (bicyclic) bond motifs is 1. The molecule has 0 saturated heterocycles. The minimum Gasteiger partial charge on any atom is -0.459 e. The second kappa shape index (κ2) is 9.24. The van der Waals surface area contributed by atoms with E-state index < -0.39 is 17.1 Å². The lowest BCUT2D eigenvalue weighted by atomic mass is 10.0. The van der Waals surface area contributed by atoms with E-state index in [-0.39, 0.29) is 23.6 Å². The minimum atomic E-state index is -0.722. The monoisotopic (exact) mass is 515 g/mol. The molecule has 1 heterocycles. The lowest BCUT2D eigenvalue weighted by Gasteiger charge is -2.21. The first-order chi connectivity index (χ1) is 16.2. The van der Waals surface area contributed by atoms with Crippen molar-refractivity contribution in [1.29, 1.82) is 5.26 Å². The van der Waals surface area contributed by atoms with Gasteiger partial charge >= 0.3 is 5.97 Å². The van der Waals surface area contributed by atoms with Crippen LogP contribution < -0.4 is 5.56 Å². The molecule has 0 aliphatic heterocycles. The van der Waals surface area contributed by atoms with E-state index in [0.717, 1.165) is 15.2 Å². The number of halogens is 1. The summed E-state index contributed by atoms with van der Waals surface area (Å²) in [7, 11) is 0. The van der Waals surface area contributed by atoms with Crippen LogP contribution in [0.4, 0.5) is 0 Å². The van der Waals surface area contributed by atoms with Crippen molar-refractivity contribution in [2.75, 3.05) is 0 Å². The predicted octanol–water partition coefficient (Wildman–Crippen LogP) is 5.71. The molecule has 4 aromatic rings. The number of nitriles is 1. The molecule has 170 valence electrons. The number of ether oxygens (including phenoxy) is 1. The molecular formula is C27H22BrN3O3. The van der Waals surface area contributed by atoms with Crippen molar-refractivity contribution < 1.29 is 9.53 Å². The van der Waals surface area contributed by atoms with Crippen LogP contribution in [-0.4, -0.2) is 21.1 Å². The molecule has 1 aromatic heterocycles. The maximum absolute atomic E-state index is 13.6. The van der Waals surface area contributed by atoms with Crippen LogP contribution in [0.3, 0.4) is 0 Å². The molecule has 0 aliphatic rings. The van der Waals surface area contributed by atoms with Gasteiger partial charge in [-0.1, -0.05) is 76.6 Å².